The van der Waals surface area contributed by atoms with Gasteiger partial charge in [-0.2, -0.15) is 0 Å². The van der Waals surface area contributed by atoms with Gasteiger partial charge in [-0.15, -0.1) is 12.4 Å². The Labute approximate surface area is 178 Å². The van der Waals surface area contributed by atoms with Crippen molar-refractivity contribution in [3.8, 4) is 5.75 Å². The second kappa shape index (κ2) is 11.7. The summed E-state index contributed by atoms with van der Waals surface area (Å²) in [6.07, 6.45) is 10.2. The molecule has 0 saturated carbocycles. The van der Waals surface area contributed by atoms with Crippen LogP contribution < -0.4 is 5.32 Å². The summed E-state index contributed by atoms with van der Waals surface area (Å²) in [5.41, 5.74) is 4.99. The summed E-state index contributed by atoms with van der Waals surface area (Å²) in [6, 6.07) is 2.29. The molecule has 0 saturated heterocycles. The summed E-state index contributed by atoms with van der Waals surface area (Å²) in [5, 5.41) is 14.6. The van der Waals surface area contributed by atoms with Crippen molar-refractivity contribution in [3.63, 3.8) is 0 Å². The van der Waals surface area contributed by atoms with Crippen molar-refractivity contribution in [1.29, 1.82) is 0 Å². The van der Waals surface area contributed by atoms with Gasteiger partial charge in [0.25, 0.3) is 0 Å². The van der Waals surface area contributed by atoms with Gasteiger partial charge in [-0.3, -0.25) is 4.99 Å². The maximum absolute atomic E-state index is 11.2. The van der Waals surface area contributed by atoms with E-state index in [2.05, 4.69) is 51.0 Å². The van der Waals surface area contributed by atoms with Crippen molar-refractivity contribution in [3.05, 3.63) is 28.3 Å². The molecule has 2 rings (SSSR count). The van der Waals surface area contributed by atoms with E-state index in [-0.39, 0.29) is 17.8 Å². The predicted octanol–water partition coefficient (Wildman–Crippen LogP) is 6.12. The van der Waals surface area contributed by atoms with E-state index in [0.717, 1.165) is 50.2 Å². The van der Waals surface area contributed by atoms with Gasteiger partial charge in [0.1, 0.15) is 11.6 Å². The first-order chi connectivity index (χ1) is 12.9. The molecule has 1 aromatic carbocycles. The predicted molar refractivity (Wildman–Crippen MR) is 125 cm³/mol. The molecule has 1 aliphatic heterocycles. The van der Waals surface area contributed by atoms with Gasteiger partial charge >= 0.3 is 0 Å². The second-order valence-corrected chi connectivity index (χ2v) is 8.99. The van der Waals surface area contributed by atoms with E-state index in [1.165, 1.54) is 48.8 Å². The van der Waals surface area contributed by atoms with Crippen LogP contribution in [-0.2, 0) is 24.7 Å². The van der Waals surface area contributed by atoms with Gasteiger partial charge in [-0.25, -0.2) is 0 Å². The quantitative estimate of drug-likeness (QED) is 0.458. The van der Waals surface area contributed by atoms with Crippen LogP contribution in [0.3, 0.4) is 0 Å². The molecular formula is C24H41ClN2O. The number of aliphatic imine (C=N–C) groups is 1. The Morgan fingerprint density at radius 2 is 1.64 bits per heavy atom. The number of nitrogens with one attached hydrogen (secondary N) is 1. The van der Waals surface area contributed by atoms with Crippen molar-refractivity contribution in [2.24, 2.45) is 4.99 Å². The lowest BCUT2D eigenvalue weighted by Crippen LogP contribution is -2.23. The highest BCUT2D eigenvalue weighted by molar-refractivity contribution is 5.86. The Balaban J connectivity index is 0.00000392. The molecule has 0 spiro atoms. The zero-order valence-electron chi connectivity index (χ0n) is 18.7. The van der Waals surface area contributed by atoms with Crippen molar-refractivity contribution < 1.29 is 5.11 Å². The molecule has 3 nitrogen and oxygen atoms in total. The molecule has 0 unspecified atom stereocenters. The molecule has 0 radical (unpaired) electrons. The maximum atomic E-state index is 11.2. The Bertz CT molecular complexity index is 647. The number of rotatable bonds is 10. The summed E-state index contributed by atoms with van der Waals surface area (Å²) < 4.78 is 0. The Hall–Kier alpha value is -1.22. The first-order valence-corrected chi connectivity index (χ1v) is 11.0. The van der Waals surface area contributed by atoms with Crippen LogP contribution in [0.4, 0.5) is 0 Å². The Morgan fingerprint density at radius 3 is 2.18 bits per heavy atom. The fourth-order valence-corrected chi connectivity index (χ4v) is 3.96. The van der Waals surface area contributed by atoms with Crippen LogP contribution in [0, 0.1) is 0 Å². The number of hydrogen-bond acceptors (Lipinski definition) is 3. The molecule has 0 aliphatic carbocycles. The molecule has 28 heavy (non-hydrogen) atoms. The van der Waals surface area contributed by atoms with Gasteiger partial charge in [0.05, 0.1) is 6.54 Å². The lowest BCUT2D eigenvalue weighted by Gasteiger charge is -2.26. The minimum Gasteiger partial charge on any atom is -0.507 e. The molecule has 1 aromatic rings. The van der Waals surface area contributed by atoms with Crippen LogP contribution in [0.15, 0.2) is 11.1 Å². The molecule has 2 N–H and O–H groups in total. The van der Waals surface area contributed by atoms with E-state index in [9.17, 15) is 5.11 Å². The molecule has 0 aromatic heterocycles. The van der Waals surface area contributed by atoms with Crippen LogP contribution in [0.5, 0.6) is 5.75 Å². The van der Waals surface area contributed by atoms with E-state index in [1.807, 2.05) is 0 Å². The average molecular weight is 409 g/mol. The fraction of sp³-hybridized carbons (Fsp3) is 0.708. The number of aryl methyl sites for hydroxylation is 1. The van der Waals surface area contributed by atoms with E-state index < -0.39 is 0 Å². The summed E-state index contributed by atoms with van der Waals surface area (Å²) in [7, 11) is 0. The normalized spacial score (nSPS) is 13.8. The topological polar surface area (TPSA) is 44.6 Å². The lowest BCUT2D eigenvalue weighted by molar-refractivity contribution is 0.437. The van der Waals surface area contributed by atoms with E-state index in [0.29, 0.717) is 5.75 Å². The molecule has 160 valence electrons. The molecule has 4 heteroatoms. The summed E-state index contributed by atoms with van der Waals surface area (Å²) in [6.45, 7) is 12.9. The van der Waals surface area contributed by atoms with Gasteiger partial charge in [0.15, 0.2) is 0 Å². The SMILES string of the molecule is CCCCCc1cc(C(C)(C)C)c(O)c(CCCCC)c1CC1=NCCN1.Cl. The van der Waals surface area contributed by atoms with Gasteiger partial charge in [-0.1, -0.05) is 66.4 Å². The number of hydrogen-bond donors (Lipinski definition) is 2. The molecule has 0 amide bonds. The molecule has 1 heterocycles. The van der Waals surface area contributed by atoms with Crippen molar-refractivity contribution in [1.82, 2.24) is 5.32 Å². The van der Waals surface area contributed by atoms with Crippen molar-refractivity contribution in [2.45, 2.75) is 97.8 Å². The largest absolute Gasteiger partial charge is 0.507 e. The third-order valence-electron chi connectivity index (χ3n) is 5.59. The number of aromatic hydroxyl groups is 1. The van der Waals surface area contributed by atoms with Crippen LogP contribution in [0.25, 0.3) is 0 Å². The molecular weight excluding hydrogens is 368 g/mol. The van der Waals surface area contributed by atoms with E-state index >= 15 is 0 Å². The first kappa shape index (κ1) is 24.8. The number of phenolic OH excluding ortho intramolecular Hbond substituents is 1. The summed E-state index contributed by atoms with van der Waals surface area (Å²) in [5.74, 6) is 1.62. The summed E-state index contributed by atoms with van der Waals surface area (Å²) in [4.78, 5) is 4.63. The lowest BCUT2D eigenvalue weighted by atomic mass is 9.80. The third kappa shape index (κ3) is 6.69. The van der Waals surface area contributed by atoms with E-state index in [1.54, 1.807) is 0 Å². The first-order valence-electron chi connectivity index (χ1n) is 11.0. The Kier molecular flexibility index (Phi) is 10.4. The van der Waals surface area contributed by atoms with Crippen LogP contribution in [0.2, 0.25) is 0 Å². The number of phenols is 1. The highest BCUT2D eigenvalue weighted by Crippen LogP contribution is 2.38. The number of amidine groups is 1. The van der Waals surface area contributed by atoms with Crippen LogP contribution in [0.1, 0.15) is 95.4 Å². The third-order valence-corrected chi connectivity index (χ3v) is 5.59. The fourth-order valence-electron chi connectivity index (χ4n) is 3.96. The standard InChI is InChI=1S/C24H40N2O.ClH/c1-6-8-10-12-18-16-21(24(3,4)5)23(27)19(13-11-9-7-2)20(18)17-22-25-14-15-26-22;/h16,27H,6-15,17H2,1-5H3,(H,25,26);1H. The van der Waals surface area contributed by atoms with Crippen molar-refractivity contribution >= 4 is 18.2 Å². The summed E-state index contributed by atoms with van der Waals surface area (Å²) >= 11 is 0. The zero-order valence-corrected chi connectivity index (χ0v) is 19.5. The number of benzene rings is 1. The molecule has 0 bridgehead atoms. The average Bonchev–Trinajstić information content (AvgIpc) is 3.11. The number of unbranched alkanes of at least 4 members (excludes halogenated alkanes) is 4. The highest BCUT2D eigenvalue weighted by Gasteiger charge is 2.25. The smallest absolute Gasteiger partial charge is 0.122 e. The van der Waals surface area contributed by atoms with Crippen LogP contribution in [-0.4, -0.2) is 24.0 Å². The molecule has 1 aliphatic rings. The van der Waals surface area contributed by atoms with Crippen LogP contribution >= 0.6 is 12.4 Å². The van der Waals surface area contributed by atoms with Gasteiger partial charge < -0.3 is 10.4 Å². The van der Waals surface area contributed by atoms with Gasteiger partial charge in [-0.05, 0) is 53.4 Å². The van der Waals surface area contributed by atoms with Gasteiger partial charge in [0, 0.05) is 13.0 Å². The van der Waals surface area contributed by atoms with E-state index in [4.69, 9.17) is 0 Å². The Morgan fingerprint density at radius 1 is 1.00 bits per heavy atom. The molecule has 0 atom stereocenters. The minimum absolute atomic E-state index is 0. The maximum Gasteiger partial charge on any atom is 0.122 e. The highest BCUT2D eigenvalue weighted by atomic mass is 35.5. The number of nitrogens with zero attached hydrogens (tertiary/aromatic N) is 1. The number of halogens is 1. The zero-order chi connectivity index (χ0) is 19.9. The molecule has 0 fully saturated rings. The second-order valence-electron chi connectivity index (χ2n) is 8.99. The van der Waals surface area contributed by atoms with Crippen molar-refractivity contribution in [2.75, 3.05) is 13.1 Å². The monoisotopic (exact) mass is 408 g/mol. The minimum atomic E-state index is -0.0508. The van der Waals surface area contributed by atoms with Gasteiger partial charge in [0.2, 0.25) is 0 Å².